The lowest BCUT2D eigenvalue weighted by atomic mass is 10.0. The molecular formula is C17H14OS. The van der Waals surface area contributed by atoms with Crippen LogP contribution in [0.25, 0.3) is 0 Å². The molecular weight excluding hydrogens is 252 g/mol. The summed E-state index contributed by atoms with van der Waals surface area (Å²) >= 11 is 4.10. The van der Waals surface area contributed by atoms with Crippen LogP contribution in [0.4, 0.5) is 0 Å². The molecule has 0 unspecified atom stereocenters. The Labute approximate surface area is 119 Å². The van der Waals surface area contributed by atoms with Gasteiger partial charge in [-0.2, -0.15) is 12.6 Å². The van der Waals surface area contributed by atoms with Gasteiger partial charge in [0.25, 0.3) is 0 Å². The Morgan fingerprint density at radius 1 is 0.947 bits per heavy atom. The van der Waals surface area contributed by atoms with E-state index in [1.165, 1.54) is 0 Å². The van der Waals surface area contributed by atoms with Crippen LogP contribution in [-0.2, 0) is 0 Å². The maximum Gasteiger partial charge on any atom is 0.193 e. The fourth-order valence-corrected chi connectivity index (χ4v) is 1.79. The molecule has 0 heterocycles. The van der Waals surface area contributed by atoms with Crippen molar-refractivity contribution in [2.24, 2.45) is 0 Å². The zero-order valence-electron chi connectivity index (χ0n) is 10.5. The third kappa shape index (κ3) is 3.74. The zero-order valence-corrected chi connectivity index (χ0v) is 11.4. The van der Waals surface area contributed by atoms with E-state index in [1.54, 1.807) is 0 Å². The van der Waals surface area contributed by atoms with Gasteiger partial charge < -0.3 is 0 Å². The molecule has 0 atom stereocenters. The molecule has 2 heteroatoms. The first kappa shape index (κ1) is 13.5. The van der Waals surface area contributed by atoms with Crippen molar-refractivity contribution in [3.63, 3.8) is 0 Å². The van der Waals surface area contributed by atoms with Crippen molar-refractivity contribution in [3.05, 3.63) is 71.3 Å². The standard InChI is InChI=1S/C17H14OS/c18-17(15-7-2-1-3-8-15)16-11-9-14(10-12-16)6-4-5-13-19/h1-3,7-12,19H,5,13H2. The Balaban J connectivity index is 2.15. The first-order valence-electron chi connectivity index (χ1n) is 6.11. The van der Waals surface area contributed by atoms with Gasteiger partial charge in [-0.15, -0.1) is 0 Å². The predicted octanol–water partition coefficient (Wildman–Crippen LogP) is 3.59. The maximum atomic E-state index is 12.2. The summed E-state index contributed by atoms with van der Waals surface area (Å²) in [5.74, 6) is 6.86. The van der Waals surface area contributed by atoms with Crippen LogP contribution in [0.3, 0.4) is 0 Å². The van der Waals surface area contributed by atoms with E-state index >= 15 is 0 Å². The fraction of sp³-hybridized carbons (Fsp3) is 0.118. The van der Waals surface area contributed by atoms with Crippen molar-refractivity contribution >= 4 is 18.4 Å². The summed E-state index contributed by atoms with van der Waals surface area (Å²) in [6.45, 7) is 0. The normalized spacial score (nSPS) is 9.53. The Morgan fingerprint density at radius 3 is 2.21 bits per heavy atom. The van der Waals surface area contributed by atoms with Gasteiger partial charge >= 0.3 is 0 Å². The van der Waals surface area contributed by atoms with E-state index in [2.05, 4.69) is 24.5 Å². The van der Waals surface area contributed by atoms with E-state index in [0.29, 0.717) is 11.1 Å². The van der Waals surface area contributed by atoms with Gasteiger partial charge in [0.2, 0.25) is 0 Å². The van der Waals surface area contributed by atoms with E-state index in [1.807, 2.05) is 54.6 Å². The van der Waals surface area contributed by atoms with Crippen LogP contribution in [0, 0.1) is 11.8 Å². The van der Waals surface area contributed by atoms with Crippen LogP contribution >= 0.6 is 12.6 Å². The van der Waals surface area contributed by atoms with Crippen molar-refractivity contribution in [2.75, 3.05) is 5.75 Å². The molecule has 2 aromatic rings. The summed E-state index contributed by atoms with van der Waals surface area (Å²) in [6, 6.07) is 16.7. The van der Waals surface area contributed by atoms with Gasteiger partial charge in [-0.25, -0.2) is 0 Å². The molecule has 2 rings (SSSR count). The van der Waals surface area contributed by atoms with Gasteiger partial charge in [-0.05, 0) is 24.3 Å². The third-order valence-electron chi connectivity index (χ3n) is 2.65. The summed E-state index contributed by atoms with van der Waals surface area (Å²) in [4.78, 5) is 12.2. The first-order valence-corrected chi connectivity index (χ1v) is 6.74. The van der Waals surface area contributed by atoms with Crippen molar-refractivity contribution in [2.45, 2.75) is 6.42 Å². The molecule has 0 radical (unpaired) electrons. The summed E-state index contributed by atoms with van der Waals surface area (Å²) in [6.07, 6.45) is 0.772. The van der Waals surface area contributed by atoms with Gasteiger partial charge in [0, 0.05) is 28.9 Å². The Morgan fingerprint density at radius 2 is 1.58 bits per heavy atom. The summed E-state index contributed by atoms with van der Waals surface area (Å²) in [5.41, 5.74) is 2.31. The van der Waals surface area contributed by atoms with Gasteiger partial charge in [0.15, 0.2) is 5.78 Å². The van der Waals surface area contributed by atoms with Crippen molar-refractivity contribution in [1.82, 2.24) is 0 Å². The number of benzene rings is 2. The van der Waals surface area contributed by atoms with E-state index in [-0.39, 0.29) is 5.78 Å². The topological polar surface area (TPSA) is 17.1 Å². The van der Waals surface area contributed by atoms with Crippen LogP contribution in [0.1, 0.15) is 27.9 Å². The zero-order chi connectivity index (χ0) is 13.5. The van der Waals surface area contributed by atoms with E-state index < -0.39 is 0 Å². The number of ketones is 1. The Kier molecular flexibility index (Phi) is 4.83. The van der Waals surface area contributed by atoms with Crippen LogP contribution in [-0.4, -0.2) is 11.5 Å². The lowest BCUT2D eigenvalue weighted by Crippen LogP contribution is -2.00. The Hall–Kier alpha value is -1.98. The molecule has 0 amide bonds. The molecule has 0 fully saturated rings. The molecule has 0 aliphatic rings. The molecule has 0 N–H and O–H groups in total. The SMILES string of the molecule is O=C(c1ccccc1)c1ccc(C#CCCS)cc1. The lowest BCUT2D eigenvalue weighted by molar-refractivity contribution is 0.103. The number of rotatable bonds is 3. The monoisotopic (exact) mass is 266 g/mol. The minimum Gasteiger partial charge on any atom is -0.289 e. The van der Waals surface area contributed by atoms with E-state index in [9.17, 15) is 4.79 Å². The molecule has 0 bridgehead atoms. The fourth-order valence-electron chi connectivity index (χ4n) is 1.68. The molecule has 0 aliphatic heterocycles. The van der Waals surface area contributed by atoms with Crippen molar-refractivity contribution < 1.29 is 4.79 Å². The summed E-state index contributed by atoms with van der Waals surface area (Å²) < 4.78 is 0. The second-order valence-corrected chi connectivity index (χ2v) is 4.50. The van der Waals surface area contributed by atoms with E-state index in [0.717, 1.165) is 17.7 Å². The highest BCUT2D eigenvalue weighted by Crippen LogP contribution is 2.10. The van der Waals surface area contributed by atoms with Crippen molar-refractivity contribution in [1.29, 1.82) is 0 Å². The largest absolute Gasteiger partial charge is 0.289 e. The molecule has 1 nitrogen and oxygen atoms in total. The number of thiol groups is 1. The minimum atomic E-state index is 0.0375. The van der Waals surface area contributed by atoms with Gasteiger partial charge in [-0.3, -0.25) is 4.79 Å². The second kappa shape index (κ2) is 6.82. The van der Waals surface area contributed by atoms with Crippen LogP contribution in [0.5, 0.6) is 0 Å². The molecule has 0 saturated carbocycles. The highest BCUT2D eigenvalue weighted by atomic mass is 32.1. The molecule has 0 aromatic heterocycles. The average Bonchev–Trinajstić information content (AvgIpc) is 2.48. The second-order valence-electron chi connectivity index (χ2n) is 4.05. The molecule has 19 heavy (non-hydrogen) atoms. The molecule has 0 spiro atoms. The molecule has 94 valence electrons. The number of hydrogen-bond acceptors (Lipinski definition) is 2. The Bertz CT molecular complexity index is 603. The number of hydrogen-bond donors (Lipinski definition) is 1. The quantitative estimate of drug-likeness (QED) is 0.510. The van der Waals surface area contributed by atoms with Crippen molar-refractivity contribution in [3.8, 4) is 11.8 Å². The minimum absolute atomic E-state index is 0.0375. The number of carbonyl (C=O) groups is 1. The molecule has 0 aliphatic carbocycles. The average molecular weight is 266 g/mol. The number of carbonyl (C=O) groups excluding carboxylic acids is 1. The van der Waals surface area contributed by atoms with E-state index in [4.69, 9.17) is 0 Å². The van der Waals surface area contributed by atoms with Gasteiger partial charge in [0.1, 0.15) is 0 Å². The third-order valence-corrected chi connectivity index (χ3v) is 2.88. The predicted molar refractivity (Wildman–Crippen MR) is 81.7 cm³/mol. The summed E-state index contributed by atoms with van der Waals surface area (Å²) in [7, 11) is 0. The van der Waals surface area contributed by atoms with Crippen LogP contribution in [0.15, 0.2) is 54.6 Å². The smallest absolute Gasteiger partial charge is 0.193 e. The van der Waals surface area contributed by atoms with Crippen LogP contribution in [0.2, 0.25) is 0 Å². The highest BCUT2D eigenvalue weighted by molar-refractivity contribution is 7.80. The van der Waals surface area contributed by atoms with Crippen LogP contribution < -0.4 is 0 Å². The molecule has 2 aromatic carbocycles. The first-order chi connectivity index (χ1) is 9.31. The van der Waals surface area contributed by atoms with Gasteiger partial charge in [0.05, 0.1) is 0 Å². The maximum absolute atomic E-state index is 12.2. The van der Waals surface area contributed by atoms with Gasteiger partial charge in [-0.1, -0.05) is 42.2 Å². The molecule has 0 saturated heterocycles. The lowest BCUT2D eigenvalue weighted by Gasteiger charge is -2.00. The summed E-state index contributed by atoms with van der Waals surface area (Å²) in [5, 5.41) is 0. The highest BCUT2D eigenvalue weighted by Gasteiger charge is 2.07.